The molecule has 0 aliphatic rings. The molecule has 0 aliphatic carbocycles. The molecule has 0 spiro atoms. The van der Waals surface area contributed by atoms with E-state index in [1.807, 2.05) is 60.7 Å². The minimum Gasteiger partial charge on any atom is -0.494 e. The molecule has 8 nitrogen and oxygen atoms in total. The fraction of sp³-hybridized carbons (Fsp3) is 0.355. The van der Waals surface area contributed by atoms with Crippen molar-refractivity contribution in [1.82, 2.24) is 0 Å². The molecular weight excluding hydrogens is 496 g/mol. The number of benzene rings is 3. The van der Waals surface area contributed by atoms with Crippen molar-refractivity contribution < 1.29 is 28.9 Å². The zero-order valence-electron chi connectivity index (χ0n) is 23.5. The Balaban J connectivity index is 1.84. The normalized spacial score (nSPS) is 11.5. The summed E-state index contributed by atoms with van der Waals surface area (Å²) in [6.07, 6.45) is -0.601. The zero-order valence-corrected chi connectivity index (χ0v) is 23.5. The van der Waals surface area contributed by atoms with Crippen LogP contribution in [-0.2, 0) is 9.47 Å². The number of carbonyl (C=O) groups excluding carboxylic acids is 2. The Hall–Kier alpha value is -4.04. The molecule has 0 fully saturated rings. The highest BCUT2D eigenvalue weighted by Crippen LogP contribution is 2.31. The molecule has 0 unspecified atom stereocenters. The van der Waals surface area contributed by atoms with Gasteiger partial charge in [0.25, 0.3) is 0 Å². The maximum atomic E-state index is 12.4. The fourth-order valence-electron chi connectivity index (χ4n) is 3.63. The maximum absolute atomic E-state index is 12.4. The topological polar surface area (TPSA) is 106 Å². The Labute approximate surface area is 230 Å². The van der Waals surface area contributed by atoms with Crippen molar-refractivity contribution in [1.29, 1.82) is 0 Å². The van der Waals surface area contributed by atoms with Crippen LogP contribution in [0.5, 0.6) is 5.75 Å². The number of ether oxygens (including phenoxy) is 3. The molecule has 3 aromatic rings. The van der Waals surface area contributed by atoms with Gasteiger partial charge in [-0.1, -0.05) is 36.4 Å². The summed E-state index contributed by atoms with van der Waals surface area (Å²) < 4.78 is 16.4. The average molecular weight is 535 g/mol. The van der Waals surface area contributed by atoms with E-state index in [-0.39, 0.29) is 6.61 Å². The monoisotopic (exact) mass is 534 g/mol. The summed E-state index contributed by atoms with van der Waals surface area (Å²) in [6, 6.07) is 21.0. The number of nitrogens with one attached hydrogen (secondary N) is 2. The van der Waals surface area contributed by atoms with Gasteiger partial charge in [0.15, 0.2) is 0 Å². The van der Waals surface area contributed by atoms with E-state index in [0.717, 1.165) is 28.0 Å². The molecule has 3 rings (SSSR count). The summed E-state index contributed by atoms with van der Waals surface area (Å²) in [6.45, 7) is 11.3. The molecule has 8 heteroatoms. The molecule has 0 heterocycles. The van der Waals surface area contributed by atoms with Gasteiger partial charge in [-0.2, -0.15) is 0 Å². The third kappa shape index (κ3) is 9.98. The second kappa shape index (κ2) is 12.7. The fourth-order valence-corrected chi connectivity index (χ4v) is 3.63. The van der Waals surface area contributed by atoms with Crippen LogP contribution in [0.2, 0.25) is 0 Å². The van der Waals surface area contributed by atoms with Crippen LogP contribution in [0.15, 0.2) is 66.7 Å². The van der Waals surface area contributed by atoms with Gasteiger partial charge < -0.3 is 19.3 Å². The Morgan fingerprint density at radius 3 is 1.49 bits per heavy atom. The number of hydrogen-bond donors (Lipinski definition) is 3. The number of anilines is 2. The van der Waals surface area contributed by atoms with E-state index < -0.39 is 23.4 Å². The van der Waals surface area contributed by atoms with Gasteiger partial charge in [-0.3, -0.25) is 10.6 Å². The van der Waals surface area contributed by atoms with Crippen molar-refractivity contribution >= 4 is 23.6 Å². The van der Waals surface area contributed by atoms with Gasteiger partial charge in [-0.05, 0) is 94.1 Å². The minimum atomic E-state index is -0.654. The second-order valence-corrected chi connectivity index (χ2v) is 11.1. The van der Waals surface area contributed by atoms with E-state index in [2.05, 4.69) is 10.6 Å². The number of hydrogen-bond acceptors (Lipinski definition) is 6. The Morgan fingerprint density at radius 2 is 1.08 bits per heavy atom. The van der Waals surface area contributed by atoms with Crippen molar-refractivity contribution in [2.24, 2.45) is 0 Å². The first-order valence-electron chi connectivity index (χ1n) is 12.9. The predicted molar refractivity (Wildman–Crippen MR) is 154 cm³/mol. The van der Waals surface area contributed by atoms with Crippen molar-refractivity contribution in [2.45, 2.75) is 59.2 Å². The lowest BCUT2D eigenvalue weighted by Crippen LogP contribution is -2.28. The predicted octanol–water partition coefficient (Wildman–Crippen LogP) is 7.48. The van der Waals surface area contributed by atoms with E-state index in [4.69, 9.17) is 19.3 Å². The van der Waals surface area contributed by atoms with Gasteiger partial charge in [-0.15, -0.1) is 0 Å². The summed E-state index contributed by atoms with van der Waals surface area (Å²) in [4.78, 5) is 24.9. The van der Waals surface area contributed by atoms with Crippen LogP contribution in [0.4, 0.5) is 21.0 Å². The molecule has 0 saturated heterocycles. The van der Waals surface area contributed by atoms with Crippen LogP contribution in [0.3, 0.4) is 0 Å². The summed E-state index contributed by atoms with van der Waals surface area (Å²) in [5.41, 5.74) is 3.36. The number of carbonyl (C=O) groups is 2. The molecular formula is C31H38N2O6. The lowest BCUT2D eigenvalue weighted by molar-refractivity contribution is 0.0625. The molecule has 0 aliphatic heterocycles. The van der Waals surface area contributed by atoms with Crippen LogP contribution < -0.4 is 15.4 Å². The summed E-state index contributed by atoms with van der Waals surface area (Å²) in [7, 11) is 0. The van der Waals surface area contributed by atoms with Gasteiger partial charge in [0.1, 0.15) is 17.0 Å². The molecule has 3 N–H and O–H groups in total. The molecule has 0 aromatic heterocycles. The van der Waals surface area contributed by atoms with Gasteiger partial charge in [-0.25, -0.2) is 9.59 Å². The average Bonchev–Trinajstić information content (AvgIpc) is 2.82. The molecule has 0 radical (unpaired) electrons. The van der Waals surface area contributed by atoms with Crippen LogP contribution in [0, 0.1) is 0 Å². The number of amides is 2. The van der Waals surface area contributed by atoms with Gasteiger partial charge in [0, 0.05) is 24.4 Å². The lowest BCUT2D eigenvalue weighted by Gasteiger charge is -2.21. The molecule has 0 atom stereocenters. The SMILES string of the molecule is CC(C)(C)OC(=O)Nc1cc(NC(=O)OC(C)(C)C)cc(-c2ccc(-c3ccc(OCCCO)cc3)cc2)c1. The molecule has 0 bridgehead atoms. The minimum absolute atomic E-state index is 0.100. The van der Waals surface area contributed by atoms with E-state index in [0.29, 0.717) is 24.4 Å². The van der Waals surface area contributed by atoms with Crippen molar-refractivity contribution in [2.75, 3.05) is 23.8 Å². The summed E-state index contributed by atoms with van der Waals surface area (Å²) >= 11 is 0. The van der Waals surface area contributed by atoms with Crippen molar-refractivity contribution in [3.05, 3.63) is 66.7 Å². The van der Waals surface area contributed by atoms with Gasteiger partial charge >= 0.3 is 12.2 Å². The number of aliphatic hydroxyl groups is 1. The van der Waals surface area contributed by atoms with Crippen LogP contribution in [-0.4, -0.2) is 41.7 Å². The first kappa shape index (κ1) is 29.5. The molecule has 3 aromatic carbocycles. The van der Waals surface area contributed by atoms with Crippen molar-refractivity contribution in [3.63, 3.8) is 0 Å². The molecule has 208 valence electrons. The summed E-state index contributed by atoms with van der Waals surface area (Å²) in [5, 5.41) is 14.4. The van der Waals surface area contributed by atoms with E-state index >= 15 is 0 Å². The van der Waals surface area contributed by atoms with Gasteiger partial charge in [0.2, 0.25) is 0 Å². The number of rotatable bonds is 8. The summed E-state index contributed by atoms with van der Waals surface area (Å²) in [5.74, 6) is 0.753. The zero-order chi connectivity index (χ0) is 28.6. The van der Waals surface area contributed by atoms with Gasteiger partial charge in [0.05, 0.1) is 6.61 Å². The Kier molecular flexibility index (Phi) is 9.59. The highest BCUT2D eigenvalue weighted by molar-refractivity contribution is 5.91. The smallest absolute Gasteiger partial charge is 0.412 e. The van der Waals surface area contributed by atoms with Crippen LogP contribution in [0.25, 0.3) is 22.3 Å². The highest BCUT2D eigenvalue weighted by Gasteiger charge is 2.19. The maximum Gasteiger partial charge on any atom is 0.412 e. The Morgan fingerprint density at radius 1 is 0.667 bits per heavy atom. The third-order valence-corrected chi connectivity index (χ3v) is 5.20. The van der Waals surface area contributed by atoms with Crippen LogP contribution in [0.1, 0.15) is 48.0 Å². The first-order chi connectivity index (χ1) is 18.3. The van der Waals surface area contributed by atoms with E-state index in [9.17, 15) is 9.59 Å². The van der Waals surface area contributed by atoms with Crippen LogP contribution >= 0.6 is 0 Å². The molecule has 0 saturated carbocycles. The first-order valence-corrected chi connectivity index (χ1v) is 12.9. The standard InChI is InChI=1S/C31H38N2O6/c1-30(2,3)38-28(35)32-25-18-24(19-26(20-25)33-29(36)39-31(4,5)6)23-10-8-21(9-11-23)22-12-14-27(15-13-22)37-17-7-16-34/h8-15,18-20,34H,7,16-17H2,1-6H3,(H,32,35)(H,33,36). The number of aliphatic hydroxyl groups excluding tert-OH is 1. The second-order valence-electron chi connectivity index (χ2n) is 11.1. The van der Waals surface area contributed by atoms with Crippen molar-refractivity contribution in [3.8, 4) is 28.0 Å². The lowest BCUT2D eigenvalue weighted by atomic mass is 9.99. The third-order valence-electron chi connectivity index (χ3n) is 5.20. The largest absolute Gasteiger partial charge is 0.494 e. The van der Waals surface area contributed by atoms with E-state index in [1.54, 1.807) is 47.6 Å². The highest BCUT2D eigenvalue weighted by atomic mass is 16.6. The molecule has 39 heavy (non-hydrogen) atoms. The quantitative estimate of drug-likeness (QED) is 0.259. The molecule has 2 amide bonds. The Bertz CT molecular complexity index is 1210. The van der Waals surface area contributed by atoms with E-state index in [1.165, 1.54) is 0 Å².